The molecule has 0 aliphatic rings. The number of hydrogen-bond donors (Lipinski definition) is 4. The lowest BCUT2D eigenvalue weighted by atomic mass is 9.95. The zero-order chi connectivity index (χ0) is 20.6. The summed E-state index contributed by atoms with van der Waals surface area (Å²) in [5.41, 5.74) is 7.97. The summed E-state index contributed by atoms with van der Waals surface area (Å²) in [6.07, 6.45) is 4.59. The number of carbonyl (C=O) groups is 2. The quantitative estimate of drug-likeness (QED) is 0.343. The molecule has 0 aliphatic carbocycles. The lowest BCUT2D eigenvalue weighted by Crippen LogP contribution is -2.61. The molecule has 2 amide bonds. The highest BCUT2D eigenvalue weighted by Crippen LogP contribution is 2.09. The lowest BCUT2D eigenvalue weighted by Gasteiger charge is -2.29. The minimum absolute atomic E-state index is 0.318. The standard InChI is InChI=1S/C20H19N5O3/c1-20(2,21)17(19(27)25-28)24-18(26)16-9-7-14(8-10-16)5-3-4-6-15-11-22-13-23-12-15/h7-13,17,28H,21H2,1-2H3,(H,24,26)(H,25,27)/t17-/m1/s1. The predicted octanol–water partition coefficient (Wildman–Crippen LogP) is 0.221. The summed E-state index contributed by atoms with van der Waals surface area (Å²) in [7, 11) is 0. The number of aromatic nitrogens is 2. The van der Waals surface area contributed by atoms with Gasteiger partial charge in [-0.15, -0.1) is 0 Å². The predicted molar refractivity (Wildman–Crippen MR) is 102 cm³/mol. The van der Waals surface area contributed by atoms with Crippen LogP contribution in [0, 0.1) is 23.7 Å². The van der Waals surface area contributed by atoms with Gasteiger partial charge in [0.15, 0.2) is 0 Å². The molecule has 28 heavy (non-hydrogen) atoms. The Hall–Kier alpha value is -3.72. The van der Waals surface area contributed by atoms with Crippen molar-refractivity contribution in [1.29, 1.82) is 0 Å². The van der Waals surface area contributed by atoms with Crippen molar-refractivity contribution in [1.82, 2.24) is 20.8 Å². The summed E-state index contributed by atoms with van der Waals surface area (Å²) in [5.74, 6) is 9.77. The minimum atomic E-state index is -1.11. The van der Waals surface area contributed by atoms with Gasteiger partial charge in [0.25, 0.3) is 11.8 Å². The molecule has 0 saturated carbocycles. The number of nitrogens with two attached hydrogens (primary N) is 1. The van der Waals surface area contributed by atoms with Crippen molar-refractivity contribution >= 4 is 11.8 Å². The Bertz CT molecular complexity index is 959. The molecule has 8 heteroatoms. The molecular formula is C20H19N5O3. The summed E-state index contributed by atoms with van der Waals surface area (Å²) in [6.45, 7) is 3.13. The SMILES string of the molecule is CC(C)(N)[C@H](NC(=O)c1ccc(C#CC#Cc2cncnc2)cc1)C(=O)NO. The molecule has 8 nitrogen and oxygen atoms in total. The molecule has 2 rings (SSSR count). The maximum atomic E-state index is 12.4. The summed E-state index contributed by atoms with van der Waals surface area (Å²) in [5, 5.41) is 11.3. The number of carbonyl (C=O) groups excluding carboxylic acids is 2. The van der Waals surface area contributed by atoms with Crippen molar-refractivity contribution in [3.63, 3.8) is 0 Å². The van der Waals surface area contributed by atoms with E-state index in [2.05, 4.69) is 39.0 Å². The fourth-order valence-electron chi connectivity index (χ4n) is 2.14. The first-order valence-corrected chi connectivity index (χ1v) is 8.22. The van der Waals surface area contributed by atoms with Crippen LogP contribution in [0.4, 0.5) is 0 Å². The number of nitrogens with one attached hydrogen (secondary N) is 2. The van der Waals surface area contributed by atoms with E-state index < -0.39 is 23.4 Å². The molecule has 1 atom stereocenters. The molecule has 0 spiro atoms. The molecule has 0 radical (unpaired) electrons. The van der Waals surface area contributed by atoms with Crippen LogP contribution in [0.1, 0.15) is 35.3 Å². The number of nitrogens with zero attached hydrogens (tertiary/aromatic N) is 2. The molecule has 0 fully saturated rings. The second kappa shape index (κ2) is 9.28. The molecule has 1 aromatic heterocycles. The van der Waals surface area contributed by atoms with Gasteiger partial charge >= 0.3 is 0 Å². The summed E-state index contributed by atoms with van der Waals surface area (Å²) in [6, 6.07) is 5.33. The monoisotopic (exact) mass is 377 g/mol. The average molecular weight is 377 g/mol. The first-order chi connectivity index (χ1) is 13.3. The third-order valence-corrected chi connectivity index (χ3v) is 3.58. The van der Waals surface area contributed by atoms with Gasteiger partial charge in [0.2, 0.25) is 0 Å². The van der Waals surface area contributed by atoms with Crippen molar-refractivity contribution in [2.45, 2.75) is 25.4 Å². The fraction of sp³-hybridized carbons (Fsp3) is 0.200. The number of hydroxylamine groups is 1. The summed E-state index contributed by atoms with van der Waals surface area (Å²) in [4.78, 5) is 31.8. The zero-order valence-electron chi connectivity index (χ0n) is 15.4. The first kappa shape index (κ1) is 20.6. The Morgan fingerprint density at radius 1 is 1.07 bits per heavy atom. The van der Waals surface area contributed by atoms with Gasteiger partial charge in [-0.2, -0.15) is 0 Å². The summed E-state index contributed by atoms with van der Waals surface area (Å²) >= 11 is 0. The van der Waals surface area contributed by atoms with E-state index >= 15 is 0 Å². The molecule has 0 bridgehead atoms. The van der Waals surface area contributed by atoms with Gasteiger partial charge in [0.1, 0.15) is 12.4 Å². The van der Waals surface area contributed by atoms with Crippen molar-refractivity contribution in [2.24, 2.45) is 5.73 Å². The third-order valence-electron chi connectivity index (χ3n) is 3.58. The molecule has 0 saturated heterocycles. The van der Waals surface area contributed by atoms with E-state index in [0.717, 1.165) is 0 Å². The van der Waals surface area contributed by atoms with Gasteiger partial charge in [0.05, 0.1) is 5.56 Å². The maximum Gasteiger partial charge on any atom is 0.267 e. The van der Waals surface area contributed by atoms with Crippen LogP contribution in [0.2, 0.25) is 0 Å². The molecule has 0 unspecified atom stereocenters. The van der Waals surface area contributed by atoms with Crippen LogP contribution < -0.4 is 16.5 Å². The van der Waals surface area contributed by atoms with Gasteiger partial charge in [-0.3, -0.25) is 14.8 Å². The van der Waals surface area contributed by atoms with Crippen molar-refractivity contribution in [3.8, 4) is 23.7 Å². The molecule has 1 aromatic carbocycles. The minimum Gasteiger partial charge on any atom is -0.338 e. The third kappa shape index (κ3) is 5.92. The van der Waals surface area contributed by atoms with Crippen LogP contribution in [0.3, 0.4) is 0 Å². The van der Waals surface area contributed by atoms with E-state index in [4.69, 9.17) is 10.9 Å². The number of rotatable bonds is 4. The molecule has 142 valence electrons. The topological polar surface area (TPSA) is 130 Å². The van der Waals surface area contributed by atoms with E-state index in [1.807, 2.05) is 0 Å². The maximum absolute atomic E-state index is 12.4. The van der Waals surface area contributed by atoms with Crippen LogP contribution in [0.15, 0.2) is 43.0 Å². The van der Waals surface area contributed by atoms with Crippen molar-refractivity contribution in [3.05, 3.63) is 59.7 Å². The highest BCUT2D eigenvalue weighted by Gasteiger charge is 2.33. The fourth-order valence-corrected chi connectivity index (χ4v) is 2.14. The van der Waals surface area contributed by atoms with E-state index in [9.17, 15) is 9.59 Å². The Morgan fingerprint density at radius 3 is 2.18 bits per heavy atom. The van der Waals surface area contributed by atoms with Crippen LogP contribution in [-0.2, 0) is 4.79 Å². The van der Waals surface area contributed by atoms with E-state index in [1.165, 1.54) is 11.8 Å². The number of benzene rings is 1. The highest BCUT2D eigenvalue weighted by molar-refractivity contribution is 5.97. The molecule has 2 aromatic rings. The zero-order valence-corrected chi connectivity index (χ0v) is 15.4. The van der Waals surface area contributed by atoms with E-state index in [-0.39, 0.29) is 0 Å². The van der Waals surface area contributed by atoms with Crippen LogP contribution >= 0.6 is 0 Å². The molecule has 1 heterocycles. The Balaban J connectivity index is 2.06. The van der Waals surface area contributed by atoms with Crippen molar-refractivity contribution in [2.75, 3.05) is 0 Å². The van der Waals surface area contributed by atoms with E-state index in [0.29, 0.717) is 16.7 Å². The van der Waals surface area contributed by atoms with Gasteiger partial charge in [-0.1, -0.05) is 5.92 Å². The van der Waals surface area contributed by atoms with Gasteiger partial charge in [0, 0.05) is 29.1 Å². The van der Waals surface area contributed by atoms with E-state index in [1.54, 1.807) is 50.5 Å². The van der Waals surface area contributed by atoms with Gasteiger partial charge in [-0.25, -0.2) is 15.4 Å². The average Bonchev–Trinajstić information content (AvgIpc) is 2.69. The van der Waals surface area contributed by atoms with Gasteiger partial charge < -0.3 is 11.1 Å². The smallest absolute Gasteiger partial charge is 0.267 e. The molecular weight excluding hydrogens is 358 g/mol. The first-order valence-electron chi connectivity index (χ1n) is 8.22. The largest absolute Gasteiger partial charge is 0.338 e. The van der Waals surface area contributed by atoms with Gasteiger partial charge in [-0.05, 0) is 55.9 Å². The normalized spacial score (nSPS) is 11.1. The lowest BCUT2D eigenvalue weighted by molar-refractivity contribution is -0.132. The second-order valence-electron chi connectivity index (χ2n) is 6.41. The Labute approximate surface area is 162 Å². The molecule has 5 N–H and O–H groups in total. The number of amides is 2. The molecule has 0 aliphatic heterocycles. The Morgan fingerprint density at radius 2 is 1.64 bits per heavy atom. The van der Waals surface area contributed by atoms with Crippen LogP contribution in [0.25, 0.3) is 0 Å². The van der Waals surface area contributed by atoms with Crippen LogP contribution in [-0.4, -0.2) is 38.6 Å². The number of hydrogen-bond acceptors (Lipinski definition) is 6. The second-order valence-corrected chi connectivity index (χ2v) is 6.41. The Kier molecular flexibility index (Phi) is 6.83. The van der Waals surface area contributed by atoms with Crippen molar-refractivity contribution < 1.29 is 14.8 Å². The highest BCUT2D eigenvalue weighted by atomic mass is 16.5. The van der Waals surface area contributed by atoms with Crippen LogP contribution in [0.5, 0.6) is 0 Å². The summed E-state index contributed by atoms with van der Waals surface area (Å²) < 4.78 is 0.